The molecule has 0 bridgehead atoms. The molecule has 14 heteroatoms. The Labute approximate surface area is 309 Å². The highest BCUT2D eigenvalue weighted by atomic mass is 35.5. The summed E-state index contributed by atoms with van der Waals surface area (Å²) in [5, 5.41) is -1.47. The number of hydrogen-bond donors (Lipinski definition) is 0. The summed E-state index contributed by atoms with van der Waals surface area (Å²) in [6.45, 7) is 8.79. The molecule has 4 rings (SSSR count). The van der Waals surface area contributed by atoms with Crippen molar-refractivity contribution in [2.24, 2.45) is 22.7 Å². The lowest BCUT2D eigenvalue weighted by atomic mass is 9.83. The van der Waals surface area contributed by atoms with Gasteiger partial charge in [0.2, 0.25) is 0 Å². The van der Waals surface area contributed by atoms with Gasteiger partial charge in [-0.1, -0.05) is 97.3 Å². The maximum Gasteiger partial charge on any atom is 0.423 e. The fraction of sp³-hybridized carbons (Fsp3) is 0.529. The van der Waals surface area contributed by atoms with Crippen LogP contribution in [0, 0.1) is 22.7 Å². The van der Waals surface area contributed by atoms with Gasteiger partial charge in [-0.05, 0) is 86.2 Å². The smallest absolute Gasteiger partial charge is 0.423 e. The molecule has 262 valence electrons. The molecule has 0 unspecified atom stereocenters. The second kappa shape index (κ2) is 15.9. The molecule has 2 aromatic rings. The van der Waals surface area contributed by atoms with E-state index in [1.165, 1.54) is 25.7 Å². The van der Waals surface area contributed by atoms with Crippen LogP contribution in [-0.2, 0) is 19.1 Å². The van der Waals surface area contributed by atoms with E-state index in [0.29, 0.717) is 24.7 Å². The van der Waals surface area contributed by atoms with Gasteiger partial charge in [0, 0.05) is 0 Å². The zero-order chi connectivity index (χ0) is 35.6. The summed E-state index contributed by atoms with van der Waals surface area (Å²) < 4.78 is 21.2. The molecular formula is C34H36Cl6O8. The number of carbonyl (C=O) groups excluding carboxylic acids is 4. The number of ether oxygens (including phenoxy) is 4. The first-order chi connectivity index (χ1) is 22.4. The number of rotatable bonds is 14. The lowest BCUT2D eigenvalue weighted by Crippen LogP contribution is -2.27. The van der Waals surface area contributed by atoms with Crippen LogP contribution in [0.4, 0.5) is 0 Å². The minimum absolute atomic E-state index is 0.0534. The zero-order valence-corrected chi connectivity index (χ0v) is 31.4. The second-order valence-electron chi connectivity index (χ2n) is 13.5. The highest BCUT2D eigenvalue weighted by molar-refractivity contribution is 6.47. The molecule has 0 atom stereocenters. The van der Waals surface area contributed by atoms with Crippen molar-refractivity contribution < 1.29 is 38.1 Å². The van der Waals surface area contributed by atoms with E-state index in [2.05, 4.69) is 27.7 Å². The molecule has 0 spiro atoms. The van der Waals surface area contributed by atoms with Crippen LogP contribution < -0.4 is 9.47 Å². The maximum absolute atomic E-state index is 13.1. The predicted octanol–water partition coefficient (Wildman–Crippen LogP) is 10.9. The van der Waals surface area contributed by atoms with Gasteiger partial charge in [0.05, 0.1) is 43.3 Å². The Morgan fingerprint density at radius 2 is 0.938 bits per heavy atom. The Bertz CT molecular complexity index is 1480. The highest BCUT2D eigenvalue weighted by Crippen LogP contribution is 2.49. The van der Waals surface area contributed by atoms with Gasteiger partial charge >= 0.3 is 23.9 Å². The molecular weight excluding hydrogens is 749 g/mol. The molecule has 0 aromatic heterocycles. The van der Waals surface area contributed by atoms with Crippen LogP contribution in [0.25, 0.3) is 0 Å². The molecule has 0 heterocycles. The fourth-order valence-electron chi connectivity index (χ4n) is 5.66. The summed E-state index contributed by atoms with van der Waals surface area (Å²) in [5.74, 6) is -5.08. The van der Waals surface area contributed by atoms with Gasteiger partial charge in [-0.25, -0.2) is 19.2 Å². The first-order valence-corrected chi connectivity index (χ1v) is 17.8. The third-order valence-corrected chi connectivity index (χ3v) is 11.1. The van der Waals surface area contributed by atoms with E-state index in [9.17, 15) is 19.2 Å². The van der Waals surface area contributed by atoms with Crippen molar-refractivity contribution in [2.45, 2.75) is 79.1 Å². The average molecular weight is 785 g/mol. The summed E-state index contributed by atoms with van der Waals surface area (Å²) in [6, 6.07) is 2.26. The third-order valence-electron chi connectivity index (χ3n) is 8.98. The Hall–Kier alpha value is -1.94. The van der Waals surface area contributed by atoms with Crippen molar-refractivity contribution in [1.82, 2.24) is 0 Å². The van der Waals surface area contributed by atoms with E-state index in [4.69, 9.17) is 88.6 Å². The Morgan fingerprint density at radius 1 is 0.604 bits per heavy atom. The largest absolute Gasteiger partial charge is 0.462 e. The molecule has 2 aromatic carbocycles. The van der Waals surface area contributed by atoms with Crippen LogP contribution in [0.3, 0.4) is 0 Å². The lowest BCUT2D eigenvalue weighted by molar-refractivity contribution is -0.156. The van der Waals surface area contributed by atoms with Gasteiger partial charge in [0.1, 0.15) is 11.1 Å². The minimum Gasteiger partial charge on any atom is -0.462 e. The summed E-state index contributed by atoms with van der Waals surface area (Å²) in [5.41, 5.74) is -0.687. The van der Waals surface area contributed by atoms with E-state index in [1.54, 1.807) is 0 Å². The van der Waals surface area contributed by atoms with Crippen LogP contribution in [0.1, 0.15) is 99.8 Å². The number of hydrogen-bond acceptors (Lipinski definition) is 8. The number of carbonyl (C=O) groups is 4. The first-order valence-electron chi connectivity index (χ1n) is 15.6. The molecule has 0 saturated heterocycles. The van der Waals surface area contributed by atoms with E-state index >= 15 is 0 Å². The molecule has 2 saturated carbocycles. The van der Waals surface area contributed by atoms with Crippen LogP contribution >= 0.6 is 69.6 Å². The van der Waals surface area contributed by atoms with Crippen molar-refractivity contribution in [3.8, 4) is 11.5 Å². The Kier molecular flexibility index (Phi) is 12.9. The maximum atomic E-state index is 13.1. The third kappa shape index (κ3) is 9.64. The second-order valence-corrected chi connectivity index (χ2v) is 15.9. The monoisotopic (exact) mass is 782 g/mol. The van der Waals surface area contributed by atoms with Crippen molar-refractivity contribution in [3.05, 3.63) is 53.4 Å². The Balaban J connectivity index is 1.46. The minimum atomic E-state index is -1.64. The van der Waals surface area contributed by atoms with Crippen molar-refractivity contribution in [3.63, 3.8) is 0 Å². The molecule has 8 nitrogen and oxygen atoms in total. The number of benzene rings is 2. The Morgan fingerprint density at radius 3 is 1.25 bits per heavy atom. The van der Waals surface area contributed by atoms with Gasteiger partial charge in [-0.3, -0.25) is 0 Å². The highest BCUT2D eigenvalue weighted by Gasteiger charge is 2.38. The van der Waals surface area contributed by atoms with Gasteiger partial charge in [-0.15, -0.1) is 0 Å². The van der Waals surface area contributed by atoms with Crippen LogP contribution in [0.2, 0.25) is 30.1 Å². The van der Waals surface area contributed by atoms with Crippen molar-refractivity contribution in [2.75, 3.05) is 13.2 Å². The van der Waals surface area contributed by atoms with E-state index < -0.39 is 46.5 Å². The topological polar surface area (TPSA) is 105 Å². The molecule has 0 radical (unpaired) electrons. The molecule has 2 aliphatic rings. The quantitative estimate of drug-likeness (QED) is 0.0613. The summed E-state index contributed by atoms with van der Waals surface area (Å²) in [6.07, 6.45) is 7.54. The molecule has 0 amide bonds. The molecule has 0 aliphatic heterocycles. The lowest BCUT2D eigenvalue weighted by Gasteiger charge is -2.24. The molecule has 0 N–H and O–H groups in total. The van der Waals surface area contributed by atoms with E-state index in [1.807, 2.05) is 0 Å². The molecule has 48 heavy (non-hydrogen) atoms. The fourth-order valence-corrected chi connectivity index (χ4v) is 7.10. The standard InChI is InChI=1S/C34H36Cl6O8/c1-33(2,17-7-8-17)11-5-13-45-29(41)23-25(39)19(35)15-21(37)27(23)47-31(43)32(44)48-28-22(38)16-20(36)26(40)24(28)30(42)46-14-6-12-34(3,4)18-9-10-18/h15-18H,5-14H2,1-4H3. The summed E-state index contributed by atoms with van der Waals surface area (Å²) in [4.78, 5) is 52.2. The van der Waals surface area contributed by atoms with Crippen LogP contribution in [-0.4, -0.2) is 37.1 Å². The molecule has 2 fully saturated rings. The van der Waals surface area contributed by atoms with E-state index in [-0.39, 0.29) is 54.2 Å². The van der Waals surface area contributed by atoms with Crippen molar-refractivity contribution in [1.29, 1.82) is 0 Å². The first kappa shape index (κ1) is 38.9. The van der Waals surface area contributed by atoms with Gasteiger partial charge in [0.25, 0.3) is 0 Å². The van der Waals surface area contributed by atoms with Gasteiger partial charge in [0.15, 0.2) is 11.5 Å². The van der Waals surface area contributed by atoms with Gasteiger partial charge < -0.3 is 18.9 Å². The van der Waals surface area contributed by atoms with E-state index in [0.717, 1.165) is 25.0 Å². The SMILES string of the molecule is CC(C)(CCCOC(=O)c1c(Cl)c(Cl)cc(Cl)c1OC(=O)C(=O)Oc1c(Cl)cc(Cl)c(Cl)c1C(=O)OCCCC(C)(C)C1CC1)C1CC1. The van der Waals surface area contributed by atoms with Gasteiger partial charge in [-0.2, -0.15) is 0 Å². The normalized spacial score (nSPS) is 14.8. The zero-order valence-electron chi connectivity index (χ0n) is 26.9. The number of halogens is 6. The average Bonchev–Trinajstić information content (AvgIpc) is 3.91. The summed E-state index contributed by atoms with van der Waals surface area (Å²) >= 11 is 37.4. The predicted molar refractivity (Wildman–Crippen MR) is 186 cm³/mol. The van der Waals surface area contributed by atoms with Crippen molar-refractivity contribution >= 4 is 93.5 Å². The van der Waals surface area contributed by atoms with Crippen LogP contribution in [0.5, 0.6) is 11.5 Å². The summed E-state index contributed by atoms with van der Waals surface area (Å²) in [7, 11) is 0. The molecule has 2 aliphatic carbocycles. The van der Waals surface area contributed by atoms with Crippen LogP contribution in [0.15, 0.2) is 12.1 Å². The number of esters is 4.